The molecule has 3 heterocycles. The quantitative estimate of drug-likeness (QED) is 0.511. The van der Waals surface area contributed by atoms with Crippen molar-refractivity contribution < 1.29 is 27.8 Å². The van der Waals surface area contributed by atoms with Crippen molar-refractivity contribution in [2.45, 2.75) is 25.1 Å². The number of alkyl halides is 1. The third kappa shape index (κ3) is 3.43. The lowest BCUT2D eigenvalue weighted by molar-refractivity contribution is -0.263. The molecule has 26 heavy (non-hydrogen) atoms. The van der Waals surface area contributed by atoms with E-state index in [0.717, 1.165) is 0 Å². The molecule has 10 nitrogen and oxygen atoms in total. The normalized spacial score (nSPS) is 29.9. The van der Waals surface area contributed by atoms with E-state index in [2.05, 4.69) is 21.8 Å². The molecule has 0 saturated carbocycles. The summed E-state index contributed by atoms with van der Waals surface area (Å²) in [6.07, 6.45) is -0.0294. The van der Waals surface area contributed by atoms with Crippen molar-refractivity contribution in [3.8, 4) is 11.8 Å². The minimum Gasteiger partial charge on any atom is -0.392 e. The Bertz CT molecular complexity index is 927. The standard InChI is InChI=1S/C14H17FN5O5P/c1-2-3-10-14(15,7-23-26(17,22)25-10)24-11(6-21)20-5-4-9-12(16)18-8-19-13(9)20/h4-5,8,10-11,21H,6-7H2,1H3,(H2,17,22)(H2,16,18,19)/t10-,11+,14+,26?/m0/s1. The number of aliphatic hydroxyl groups is 1. The van der Waals surface area contributed by atoms with E-state index in [0.29, 0.717) is 11.0 Å². The van der Waals surface area contributed by atoms with Crippen LogP contribution in [0.4, 0.5) is 10.2 Å². The lowest BCUT2D eigenvalue weighted by Crippen LogP contribution is -2.50. The van der Waals surface area contributed by atoms with Gasteiger partial charge in [0.1, 0.15) is 24.4 Å². The highest BCUT2D eigenvalue weighted by Crippen LogP contribution is 2.49. The molecule has 2 aromatic heterocycles. The van der Waals surface area contributed by atoms with E-state index >= 15 is 4.39 Å². The maximum Gasteiger partial charge on any atom is 0.404 e. The van der Waals surface area contributed by atoms with E-state index in [1.807, 2.05) is 0 Å². The molecule has 1 aliphatic rings. The molecule has 140 valence electrons. The van der Waals surface area contributed by atoms with Gasteiger partial charge in [-0.3, -0.25) is 9.05 Å². The fourth-order valence-corrected chi connectivity index (χ4v) is 3.42. The fraction of sp³-hybridized carbons (Fsp3) is 0.429. The number of nitrogens with zero attached hydrogens (tertiary/aromatic N) is 3. The second kappa shape index (κ2) is 6.92. The third-order valence-corrected chi connectivity index (χ3v) is 4.69. The van der Waals surface area contributed by atoms with Gasteiger partial charge in [-0.05, 0) is 13.0 Å². The van der Waals surface area contributed by atoms with Gasteiger partial charge in [-0.2, -0.15) is 0 Å². The first-order valence-electron chi connectivity index (χ1n) is 7.48. The average Bonchev–Trinajstić information content (AvgIpc) is 3.02. The van der Waals surface area contributed by atoms with Crippen molar-refractivity contribution in [3.05, 3.63) is 18.6 Å². The molecular weight excluding hydrogens is 368 g/mol. The zero-order chi connectivity index (χ0) is 18.9. The van der Waals surface area contributed by atoms with E-state index < -0.39 is 39.1 Å². The number of hydrogen-bond donors (Lipinski definition) is 3. The first-order valence-corrected chi connectivity index (χ1v) is 9.09. The molecule has 0 radical (unpaired) electrons. The van der Waals surface area contributed by atoms with Crippen LogP contribution >= 0.6 is 7.75 Å². The Morgan fingerprint density at radius 2 is 2.42 bits per heavy atom. The van der Waals surface area contributed by atoms with Crippen LogP contribution in [0.1, 0.15) is 13.2 Å². The second-order valence-electron chi connectivity index (χ2n) is 5.45. The van der Waals surface area contributed by atoms with Gasteiger partial charge in [-0.1, -0.05) is 5.92 Å². The summed E-state index contributed by atoms with van der Waals surface area (Å²) in [4.78, 5) is 7.93. The summed E-state index contributed by atoms with van der Waals surface area (Å²) in [6, 6.07) is 1.60. The minimum absolute atomic E-state index is 0.225. The predicted octanol–water partition coefficient (Wildman–Crippen LogP) is 0.692. The van der Waals surface area contributed by atoms with Crippen LogP contribution in [0.3, 0.4) is 0 Å². The first kappa shape index (κ1) is 18.7. The highest BCUT2D eigenvalue weighted by molar-refractivity contribution is 7.51. The topological polar surface area (TPSA) is 148 Å². The lowest BCUT2D eigenvalue weighted by Gasteiger charge is -2.38. The Labute approximate surface area is 147 Å². The van der Waals surface area contributed by atoms with Crippen LogP contribution in [-0.2, 0) is 18.3 Å². The van der Waals surface area contributed by atoms with Gasteiger partial charge < -0.3 is 20.1 Å². The number of hydrogen-bond acceptors (Lipinski definition) is 8. The van der Waals surface area contributed by atoms with Crippen molar-refractivity contribution >= 4 is 24.6 Å². The van der Waals surface area contributed by atoms with Crippen molar-refractivity contribution in [2.75, 3.05) is 18.9 Å². The molecule has 4 atom stereocenters. The van der Waals surface area contributed by atoms with Crippen LogP contribution in [0.2, 0.25) is 0 Å². The summed E-state index contributed by atoms with van der Waals surface area (Å²) in [5, 5.41) is 10.2. The fourth-order valence-electron chi connectivity index (χ4n) is 2.50. The molecule has 1 fully saturated rings. The van der Waals surface area contributed by atoms with Gasteiger partial charge >= 0.3 is 7.75 Å². The summed E-state index contributed by atoms with van der Waals surface area (Å²) < 4.78 is 43.5. The number of nitrogens with two attached hydrogens (primary N) is 2. The van der Waals surface area contributed by atoms with Gasteiger partial charge in [0.05, 0.1) is 12.0 Å². The van der Waals surface area contributed by atoms with Gasteiger partial charge in [0.2, 0.25) is 0 Å². The maximum absolute atomic E-state index is 15.3. The molecule has 0 amide bonds. The Balaban J connectivity index is 1.94. The zero-order valence-corrected chi connectivity index (χ0v) is 14.6. The van der Waals surface area contributed by atoms with Gasteiger partial charge in [-0.25, -0.2) is 24.4 Å². The molecule has 1 unspecified atom stereocenters. The summed E-state index contributed by atoms with van der Waals surface area (Å²) >= 11 is 0. The van der Waals surface area contributed by atoms with E-state index in [-0.39, 0.29) is 5.82 Å². The van der Waals surface area contributed by atoms with E-state index in [4.69, 9.17) is 25.0 Å². The SMILES string of the molecule is CC#C[C@@H]1OP(N)(=O)OC[C@@]1(F)O[C@H](CO)n1ccc2c(N)ncnc21. The Morgan fingerprint density at radius 3 is 3.12 bits per heavy atom. The average molecular weight is 385 g/mol. The smallest absolute Gasteiger partial charge is 0.392 e. The maximum atomic E-state index is 15.3. The van der Waals surface area contributed by atoms with Crippen LogP contribution < -0.4 is 11.2 Å². The van der Waals surface area contributed by atoms with Crippen molar-refractivity contribution in [3.63, 3.8) is 0 Å². The summed E-state index contributed by atoms with van der Waals surface area (Å²) in [6.45, 7) is 0.0578. The van der Waals surface area contributed by atoms with Crippen molar-refractivity contribution in [1.82, 2.24) is 14.5 Å². The molecule has 0 spiro atoms. The zero-order valence-electron chi connectivity index (χ0n) is 13.7. The molecule has 12 heteroatoms. The molecule has 5 N–H and O–H groups in total. The number of aliphatic hydroxyl groups excluding tert-OH is 1. The Morgan fingerprint density at radius 1 is 1.65 bits per heavy atom. The molecule has 1 aliphatic heterocycles. The number of fused-ring (bicyclic) bond motifs is 1. The van der Waals surface area contributed by atoms with Crippen LogP contribution in [0.15, 0.2) is 18.6 Å². The number of ether oxygens (including phenoxy) is 1. The molecule has 1 saturated heterocycles. The van der Waals surface area contributed by atoms with Gasteiger partial charge in [0.25, 0.3) is 5.85 Å². The molecule has 0 bridgehead atoms. The second-order valence-corrected chi connectivity index (χ2v) is 7.00. The summed E-state index contributed by atoms with van der Waals surface area (Å²) in [5.74, 6) is 2.47. The highest BCUT2D eigenvalue weighted by Gasteiger charge is 2.51. The Kier molecular flexibility index (Phi) is 4.98. The van der Waals surface area contributed by atoms with Crippen molar-refractivity contribution in [2.24, 2.45) is 5.50 Å². The van der Waals surface area contributed by atoms with Gasteiger partial charge in [0, 0.05) is 6.20 Å². The lowest BCUT2D eigenvalue weighted by atomic mass is 10.2. The van der Waals surface area contributed by atoms with Gasteiger partial charge in [0.15, 0.2) is 12.3 Å². The molecule has 0 aliphatic carbocycles. The van der Waals surface area contributed by atoms with E-state index in [1.54, 1.807) is 6.07 Å². The minimum atomic E-state index is -3.94. The first-order chi connectivity index (χ1) is 12.3. The van der Waals surface area contributed by atoms with Crippen LogP contribution in [0, 0.1) is 11.8 Å². The number of anilines is 1. The van der Waals surface area contributed by atoms with E-state index in [1.165, 1.54) is 24.0 Å². The number of rotatable bonds is 4. The van der Waals surface area contributed by atoms with E-state index in [9.17, 15) is 9.67 Å². The van der Waals surface area contributed by atoms with Gasteiger partial charge in [-0.15, -0.1) is 5.92 Å². The highest BCUT2D eigenvalue weighted by atomic mass is 31.2. The van der Waals surface area contributed by atoms with Crippen LogP contribution in [0.25, 0.3) is 11.0 Å². The van der Waals surface area contributed by atoms with Crippen LogP contribution in [-0.4, -0.2) is 44.8 Å². The summed E-state index contributed by atoms with van der Waals surface area (Å²) in [7, 11) is -3.94. The molecule has 2 aromatic rings. The molecule has 0 aromatic carbocycles. The number of aromatic nitrogens is 3. The monoisotopic (exact) mass is 385 g/mol. The molecular formula is C14H17FN5O5P. The Hall–Kier alpha value is -2.06. The number of nitrogen functional groups attached to an aromatic ring is 1. The number of halogens is 1. The third-order valence-electron chi connectivity index (χ3n) is 3.70. The molecule has 3 rings (SSSR count). The largest absolute Gasteiger partial charge is 0.404 e. The predicted molar refractivity (Wildman–Crippen MR) is 89.1 cm³/mol. The van der Waals surface area contributed by atoms with Crippen molar-refractivity contribution in [1.29, 1.82) is 0 Å². The summed E-state index contributed by atoms with van der Waals surface area (Å²) in [5.41, 5.74) is 11.4. The van der Waals surface area contributed by atoms with Crippen LogP contribution in [0.5, 0.6) is 0 Å².